The number of hydrogen-bond donors (Lipinski definition) is 1. The molecule has 0 aliphatic carbocycles. The van der Waals surface area contributed by atoms with Crippen molar-refractivity contribution in [2.24, 2.45) is 0 Å². The summed E-state index contributed by atoms with van der Waals surface area (Å²) >= 11 is 5.87. The van der Waals surface area contributed by atoms with Crippen LogP contribution in [0.5, 0.6) is 0 Å². The van der Waals surface area contributed by atoms with E-state index < -0.39 is 12.0 Å². The lowest BCUT2D eigenvalue weighted by atomic mass is 10.2. The van der Waals surface area contributed by atoms with E-state index in [4.69, 9.17) is 17.3 Å². The molecule has 5 nitrogen and oxygen atoms in total. The van der Waals surface area contributed by atoms with Crippen LogP contribution >= 0.6 is 11.6 Å². The van der Waals surface area contributed by atoms with Crippen molar-refractivity contribution >= 4 is 23.1 Å². The summed E-state index contributed by atoms with van der Waals surface area (Å²) in [6, 6.07) is 8.54. The molecule has 3 rings (SSSR count). The Morgan fingerprint density at radius 2 is 1.76 bits per heavy atom. The lowest BCUT2D eigenvalue weighted by Crippen LogP contribution is -2.08. The lowest BCUT2D eigenvalue weighted by Gasteiger charge is -2.06. The molecular formula is C12H7ClF3N5. The van der Waals surface area contributed by atoms with Crippen molar-refractivity contribution in [3.63, 3.8) is 0 Å². The Morgan fingerprint density at radius 1 is 1.10 bits per heavy atom. The molecule has 0 saturated heterocycles. The molecule has 3 aromatic rings. The minimum absolute atomic E-state index is 0.107. The molecule has 0 radical (unpaired) electrons. The van der Waals surface area contributed by atoms with E-state index >= 15 is 0 Å². The number of alkyl halides is 3. The maximum absolute atomic E-state index is 12.8. The number of nitrogens with two attached hydrogens (primary N) is 1. The molecule has 2 N–H and O–H groups in total. The first-order valence-corrected chi connectivity index (χ1v) is 6.10. The van der Waals surface area contributed by atoms with E-state index in [1.165, 1.54) is 0 Å². The van der Waals surface area contributed by atoms with E-state index in [-0.39, 0.29) is 22.3 Å². The monoisotopic (exact) mass is 313 g/mol. The van der Waals surface area contributed by atoms with Crippen LogP contribution in [-0.4, -0.2) is 19.6 Å². The van der Waals surface area contributed by atoms with Gasteiger partial charge in [0.05, 0.1) is 0 Å². The third kappa shape index (κ3) is 2.27. The van der Waals surface area contributed by atoms with Gasteiger partial charge in [-0.2, -0.15) is 17.7 Å². The molecule has 0 bridgehead atoms. The van der Waals surface area contributed by atoms with Crippen molar-refractivity contribution in [2.45, 2.75) is 6.18 Å². The van der Waals surface area contributed by atoms with Gasteiger partial charge < -0.3 is 5.73 Å². The SMILES string of the molecule is Nc1nc(-c2ccccc2)n2nc(C(F)(F)F)nc2c1Cl. The average molecular weight is 314 g/mol. The number of rotatable bonds is 1. The minimum Gasteiger partial charge on any atom is -0.382 e. The molecule has 0 atom stereocenters. The Morgan fingerprint density at radius 3 is 2.38 bits per heavy atom. The third-order valence-electron chi connectivity index (χ3n) is 2.74. The molecule has 9 heteroatoms. The van der Waals surface area contributed by atoms with Crippen molar-refractivity contribution < 1.29 is 13.2 Å². The largest absolute Gasteiger partial charge is 0.453 e. The van der Waals surface area contributed by atoms with Crippen LogP contribution in [0.1, 0.15) is 5.82 Å². The van der Waals surface area contributed by atoms with Gasteiger partial charge in [0, 0.05) is 5.56 Å². The molecule has 2 heterocycles. The van der Waals surface area contributed by atoms with Crippen molar-refractivity contribution in [3.8, 4) is 11.4 Å². The molecule has 1 aromatic carbocycles. The fourth-order valence-corrected chi connectivity index (χ4v) is 1.99. The Bertz CT molecular complexity index is 813. The van der Waals surface area contributed by atoms with Crippen LogP contribution in [0.25, 0.3) is 17.0 Å². The van der Waals surface area contributed by atoms with E-state index in [0.717, 1.165) is 4.52 Å². The first-order chi connectivity index (χ1) is 9.88. The van der Waals surface area contributed by atoms with Gasteiger partial charge in [-0.1, -0.05) is 41.9 Å². The van der Waals surface area contributed by atoms with Crippen LogP contribution < -0.4 is 5.73 Å². The van der Waals surface area contributed by atoms with Gasteiger partial charge in [0.1, 0.15) is 10.8 Å². The van der Waals surface area contributed by atoms with Crippen molar-refractivity contribution in [2.75, 3.05) is 5.73 Å². The maximum Gasteiger partial charge on any atom is 0.453 e. The van der Waals surface area contributed by atoms with Crippen molar-refractivity contribution in [1.82, 2.24) is 19.6 Å². The van der Waals surface area contributed by atoms with E-state index in [1.54, 1.807) is 30.3 Å². The van der Waals surface area contributed by atoms with Crippen LogP contribution in [0.2, 0.25) is 5.02 Å². The second-order valence-electron chi connectivity index (χ2n) is 4.17. The number of aromatic nitrogens is 4. The van der Waals surface area contributed by atoms with Gasteiger partial charge in [-0.05, 0) is 0 Å². The predicted molar refractivity (Wildman–Crippen MR) is 70.6 cm³/mol. The van der Waals surface area contributed by atoms with Gasteiger partial charge in [-0.25, -0.2) is 9.97 Å². The predicted octanol–water partition coefficient (Wildman–Crippen LogP) is 3.05. The number of halogens is 4. The number of nitrogen functional groups attached to an aromatic ring is 1. The molecule has 0 aliphatic rings. The molecule has 0 fully saturated rings. The summed E-state index contributed by atoms with van der Waals surface area (Å²) in [6.07, 6.45) is -4.68. The number of fused-ring (bicyclic) bond motifs is 1. The summed E-state index contributed by atoms with van der Waals surface area (Å²) in [5.41, 5.74) is 6.00. The van der Waals surface area contributed by atoms with Gasteiger partial charge in [-0.15, -0.1) is 5.10 Å². The van der Waals surface area contributed by atoms with Crippen molar-refractivity contribution in [1.29, 1.82) is 0 Å². The molecule has 0 saturated carbocycles. The van der Waals surface area contributed by atoms with E-state index in [1.807, 2.05) is 0 Å². The average Bonchev–Trinajstić information content (AvgIpc) is 2.89. The molecule has 0 amide bonds. The first kappa shape index (κ1) is 13.6. The highest BCUT2D eigenvalue weighted by molar-refractivity contribution is 6.35. The topological polar surface area (TPSA) is 69.1 Å². The van der Waals surface area contributed by atoms with Crippen molar-refractivity contribution in [3.05, 3.63) is 41.2 Å². The Kier molecular flexibility index (Phi) is 2.98. The Labute approximate surface area is 121 Å². The molecule has 108 valence electrons. The van der Waals surface area contributed by atoms with Crippen LogP contribution in [0.4, 0.5) is 19.0 Å². The molecule has 2 aromatic heterocycles. The lowest BCUT2D eigenvalue weighted by molar-refractivity contribution is -0.144. The first-order valence-electron chi connectivity index (χ1n) is 5.72. The summed E-state index contributed by atoms with van der Waals surface area (Å²) in [5, 5.41) is 3.27. The Balaban J connectivity index is 2.35. The zero-order valence-electron chi connectivity index (χ0n) is 10.3. The summed E-state index contributed by atoms with van der Waals surface area (Å²) in [5.74, 6) is -1.27. The van der Waals surface area contributed by atoms with Crippen LogP contribution in [0.3, 0.4) is 0 Å². The van der Waals surface area contributed by atoms with Gasteiger partial charge in [-0.3, -0.25) is 0 Å². The number of hydrogen-bond acceptors (Lipinski definition) is 4. The zero-order chi connectivity index (χ0) is 15.2. The van der Waals surface area contributed by atoms with Gasteiger partial charge in [0.25, 0.3) is 5.82 Å². The van der Waals surface area contributed by atoms with Crippen LogP contribution in [0, 0.1) is 0 Å². The van der Waals surface area contributed by atoms with Gasteiger partial charge in [0.2, 0.25) is 0 Å². The molecule has 21 heavy (non-hydrogen) atoms. The highest BCUT2D eigenvalue weighted by atomic mass is 35.5. The number of nitrogens with zero attached hydrogens (tertiary/aromatic N) is 4. The normalized spacial score (nSPS) is 12.0. The molecule has 0 spiro atoms. The highest BCUT2D eigenvalue weighted by Crippen LogP contribution is 2.31. The molecule has 0 unspecified atom stereocenters. The van der Waals surface area contributed by atoms with Crippen LogP contribution in [-0.2, 0) is 6.18 Å². The van der Waals surface area contributed by atoms with Crippen LogP contribution in [0.15, 0.2) is 30.3 Å². The summed E-state index contributed by atoms with van der Waals surface area (Å²) in [4.78, 5) is 7.41. The fourth-order valence-electron chi connectivity index (χ4n) is 1.82. The van der Waals surface area contributed by atoms with Gasteiger partial charge in [0.15, 0.2) is 11.5 Å². The minimum atomic E-state index is -4.68. The van der Waals surface area contributed by atoms with E-state index in [0.29, 0.717) is 5.56 Å². The van der Waals surface area contributed by atoms with Gasteiger partial charge >= 0.3 is 6.18 Å². The smallest absolute Gasteiger partial charge is 0.382 e. The highest BCUT2D eigenvalue weighted by Gasteiger charge is 2.37. The summed E-state index contributed by atoms with van der Waals surface area (Å²) in [6.45, 7) is 0. The second-order valence-corrected chi connectivity index (χ2v) is 4.55. The fraction of sp³-hybridized carbons (Fsp3) is 0.0833. The molecule has 0 aliphatic heterocycles. The molecular weight excluding hydrogens is 307 g/mol. The van der Waals surface area contributed by atoms with E-state index in [9.17, 15) is 13.2 Å². The number of benzene rings is 1. The zero-order valence-corrected chi connectivity index (χ0v) is 11.0. The second kappa shape index (κ2) is 4.59. The standard InChI is InChI=1S/C12H7ClF3N5/c13-7-8(17)18-9(6-4-2-1-3-5-6)21-10(7)19-11(20-21)12(14,15)16/h1-5H,17H2. The quantitative estimate of drug-likeness (QED) is 0.749. The Hall–Kier alpha value is -2.35. The maximum atomic E-state index is 12.8. The number of anilines is 1. The van der Waals surface area contributed by atoms with E-state index in [2.05, 4.69) is 15.1 Å². The summed E-state index contributed by atoms with van der Waals surface area (Å²) in [7, 11) is 0. The summed E-state index contributed by atoms with van der Waals surface area (Å²) < 4.78 is 39.2. The third-order valence-corrected chi connectivity index (χ3v) is 3.10.